The van der Waals surface area contributed by atoms with E-state index in [-0.39, 0.29) is 5.97 Å². The average Bonchev–Trinajstić information content (AvgIpc) is 2.05. The molecule has 0 aromatic carbocycles. The number of rotatable bonds is 5. The molecule has 0 amide bonds. The zero-order valence-corrected chi connectivity index (χ0v) is 8.78. The lowest BCUT2D eigenvalue weighted by atomic mass is 10.1. The molecule has 0 N–H and O–H groups in total. The average molecular weight is 193 g/mol. The van der Waals surface area contributed by atoms with Gasteiger partial charge in [-0.1, -0.05) is 20.3 Å². The predicted molar refractivity (Wildman–Crippen MR) is 50.4 cm³/mol. The second kappa shape index (κ2) is 5.41. The fraction of sp³-hybridized carbons (Fsp3) is 0.889. The summed E-state index contributed by atoms with van der Waals surface area (Å²) in [6.45, 7) is 6.09. The Hall–Kier alpha value is -0.240. The minimum atomic E-state index is -0.840. The Labute approximate surface area is 79.2 Å². The van der Waals surface area contributed by atoms with Crippen molar-refractivity contribution < 1.29 is 9.53 Å². The van der Waals surface area contributed by atoms with E-state index >= 15 is 0 Å². The highest BCUT2D eigenvalue weighted by atomic mass is 35.5. The Morgan fingerprint density at radius 2 is 2.08 bits per heavy atom. The Morgan fingerprint density at radius 1 is 1.50 bits per heavy atom. The maximum Gasteiger partial charge on any atom is 0.326 e. The maximum absolute atomic E-state index is 11.2. The zero-order valence-electron chi connectivity index (χ0n) is 8.02. The van der Waals surface area contributed by atoms with Gasteiger partial charge in [0.2, 0.25) is 0 Å². The summed E-state index contributed by atoms with van der Waals surface area (Å²) in [6, 6.07) is 0. The topological polar surface area (TPSA) is 26.3 Å². The van der Waals surface area contributed by atoms with Gasteiger partial charge in [-0.2, -0.15) is 0 Å². The molecule has 0 aliphatic carbocycles. The third-order valence-corrected chi connectivity index (χ3v) is 2.24. The summed E-state index contributed by atoms with van der Waals surface area (Å²) < 4.78 is 4.97. The Balaban J connectivity index is 3.72. The second-order valence-corrected chi connectivity index (χ2v) is 3.87. The highest BCUT2D eigenvalue weighted by Crippen LogP contribution is 2.20. The van der Waals surface area contributed by atoms with Crippen LogP contribution in [-0.2, 0) is 9.53 Å². The lowest BCUT2D eigenvalue weighted by Crippen LogP contribution is -2.30. The van der Waals surface area contributed by atoms with Crippen LogP contribution in [0.3, 0.4) is 0 Å². The first-order valence-electron chi connectivity index (χ1n) is 4.40. The van der Waals surface area contributed by atoms with Gasteiger partial charge in [-0.25, -0.2) is 0 Å². The van der Waals surface area contributed by atoms with E-state index in [4.69, 9.17) is 16.3 Å². The van der Waals surface area contributed by atoms with E-state index in [1.54, 1.807) is 6.92 Å². The zero-order chi connectivity index (χ0) is 9.61. The summed E-state index contributed by atoms with van der Waals surface area (Å²) in [7, 11) is 0. The van der Waals surface area contributed by atoms with Crippen LogP contribution in [-0.4, -0.2) is 17.5 Å². The van der Waals surface area contributed by atoms with Crippen molar-refractivity contribution in [2.75, 3.05) is 6.61 Å². The molecule has 12 heavy (non-hydrogen) atoms. The normalized spacial score (nSPS) is 15.3. The molecule has 0 saturated carbocycles. The molecule has 0 bridgehead atoms. The standard InChI is InChI=1S/C9H17ClO2/c1-4-6-7-12-8(11)9(3,10)5-2/h4-7H2,1-3H3. The molecule has 0 aliphatic rings. The third-order valence-electron chi connectivity index (χ3n) is 1.82. The van der Waals surface area contributed by atoms with Crippen molar-refractivity contribution in [2.45, 2.75) is 44.9 Å². The lowest BCUT2D eigenvalue weighted by Gasteiger charge is -2.17. The van der Waals surface area contributed by atoms with Crippen LogP contribution in [0.25, 0.3) is 0 Å². The number of carbonyl (C=O) groups is 1. The molecule has 2 nitrogen and oxygen atoms in total. The molecule has 0 aliphatic heterocycles. The predicted octanol–water partition coefficient (Wildman–Crippen LogP) is 2.74. The molecule has 0 saturated heterocycles. The van der Waals surface area contributed by atoms with Crippen LogP contribution < -0.4 is 0 Å². The van der Waals surface area contributed by atoms with Gasteiger partial charge in [0.05, 0.1) is 6.61 Å². The SMILES string of the molecule is CCCCOC(=O)C(C)(Cl)CC. The third kappa shape index (κ3) is 3.96. The largest absolute Gasteiger partial charge is 0.464 e. The van der Waals surface area contributed by atoms with Crippen LogP contribution in [0.15, 0.2) is 0 Å². The van der Waals surface area contributed by atoms with E-state index in [1.165, 1.54) is 0 Å². The molecule has 1 atom stereocenters. The number of carbonyl (C=O) groups excluding carboxylic acids is 1. The Bertz CT molecular complexity index is 143. The summed E-state index contributed by atoms with van der Waals surface area (Å²) in [5, 5.41) is 0. The molecule has 0 spiro atoms. The summed E-state index contributed by atoms with van der Waals surface area (Å²) >= 11 is 5.88. The van der Waals surface area contributed by atoms with Gasteiger partial charge in [0.25, 0.3) is 0 Å². The van der Waals surface area contributed by atoms with Gasteiger partial charge in [-0.15, -0.1) is 11.6 Å². The fourth-order valence-corrected chi connectivity index (χ4v) is 0.659. The molecule has 1 unspecified atom stereocenters. The number of unbranched alkanes of at least 4 members (excludes halogenated alkanes) is 1. The van der Waals surface area contributed by atoms with Crippen molar-refractivity contribution in [1.29, 1.82) is 0 Å². The quantitative estimate of drug-likeness (QED) is 0.381. The highest BCUT2D eigenvalue weighted by molar-refractivity contribution is 6.33. The van der Waals surface area contributed by atoms with E-state index in [2.05, 4.69) is 0 Å². The van der Waals surface area contributed by atoms with Crippen LogP contribution in [0, 0.1) is 0 Å². The molecular formula is C9H17ClO2. The number of hydrogen-bond donors (Lipinski definition) is 0. The van der Waals surface area contributed by atoms with Gasteiger partial charge in [0.1, 0.15) is 4.87 Å². The summed E-state index contributed by atoms with van der Waals surface area (Å²) in [4.78, 5) is 10.4. The van der Waals surface area contributed by atoms with Crippen LogP contribution in [0.1, 0.15) is 40.0 Å². The van der Waals surface area contributed by atoms with Crippen molar-refractivity contribution in [3.05, 3.63) is 0 Å². The minimum absolute atomic E-state index is 0.305. The van der Waals surface area contributed by atoms with Crippen molar-refractivity contribution in [3.8, 4) is 0 Å². The summed E-state index contributed by atoms with van der Waals surface area (Å²) in [5.41, 5.74) is 0. The van der Waals surface area contributed by atoms with Crippen molar-refractivity contribution >= 4 is 17.6 Å². The summed E-state index contributed by atoms with van der Waals surface area (Å²) in [5.74, 6) is -0.305. The fourth-order valence-electron chi connectivity index (χ4n) is 0.604. The van der Waals surface area contributed by atoms with Gasteiger partial charge >= 0.3 is 5.97 Å². The number of halogens is 1. The smallest absolute Gasteiger partial charge is 0.326 e. The minimum Gasteiger partial charge on any atom is -0.464 e. The second-order valence-electron chi connectivity index (χ2n) is 3.04. The molecule has 0 fully saturated rings. The van der Waals surface area contributed by atoms with Gasteiger partial charge in [-0.05, 0) is 19.8 Å². The van der Waals surface area contributed by atoms with E-state index in [9.17, 15) is 4.79 Å². The van der Waals surface area contributed by atoms with Crippen molar-refractivity contribution in [1.82, 2.24) is 0 Å². The van der Waals surface area contributed by atoms with Gasteiger partial charge < -0.3 is 4.74 Å². The molecular weight excluding hydrogens is 176 g/mol. The molecule has 0 radical (unpaired) electrons. The van der Waals surface area contributed by atoms with E-state index in [0.717, 1.165) is 12.8 Å². The van der Waals surface area contributed by atoms with Crippen LogP contribution in [0.2, 0.25) is 0 Å². The lowest BCUT2D eigenvalue weighted by molar-refractivity contribution is -0.146. The maximum atomic E-state index is 11.2. The number of hydrogen-bond acceptors (Lipinski definition) is 2. The molecule has 0 aromatic heterocycles. The van der Waals surface area contributed by atoms with Crippen LogP contribution in [0.5, 0.6) is 0 Å². The van der Waals surface area contributed by atoms with Gasteiger partial charge in [0, 0.05) is 0 Å². The van der Waals surface area contributed by atoms with Crippen LogP contribution >= 0.6 is 11.6 Å². The number of alkyl halides is 1. The van der Waals surface area contributed by atoms with Crippen LogP contribution in [0.4, 0.5) is 0 Å². The molecule has 0 heterocycles. The first-order valence-corrected chi connectivity index (χ1v) is 4.78. The van der Waals surface area contributed by atoms with Gasteiger partial charge in [-0.3, -0.25) is 4.79 Å². The van der Waals surface area contributed by atoms with E-state index in [0.29, 0.717) is 13.0 Å². The Kier molecular flexibility index (Phi) is 5.31. The molecule has 72 valence electrons. The molecule has 0 aromatic rings. The Morgan fingerprint density at radius 3 is 2.50 bits per heavy atom. The first-order chi connectivity index (χ1) is 5.54. The highest BCUT2D eigenvalue weighted by Gasteiger charge is 2.29. The summed E-state index contributed by atoms with van der Waals surface area (Å²) in [6.07, 6.45) is 2.53. The number of ether oxygens (including phenoxy) is 1. The monoisotopic (exact) mass is 192 g/mol. The van der Waals surface area contributed by atoms with E-state index in [1.807, 2.05) is 13.8 Å². The van der Waals surface area contributed by atoms with Crippen molar-refractivity contribution in [3.63, 3.8) is 0 Å². The van der Waals surface area contributed by atoms with Crippen molar-refractivity contribution in [2.24, 2.45) is 0 Å². The number of esters is 1. The molecule has 0 rings (SSSR count). The molecule has 3 heteroatoms. The van der Waals surface area contributed by atoms with E-state index < -0.39 is 4.87 Å². The first kappa shape index (κ1) is 11.8. The van der Waals surface area contributed by atoms with Gasteiger partial charge in [0.15, 0.2) is 0 Å².